The lowest BCUT2D eigenvalue weighted by molar-refractivity contribution is -0.114. The highest BCUT2D eigenvalue weighted by molar-refractivity contribution is 7.89. The average molecular weight is 347 g/mol. The number of anilines is 1. The van der Waals surface area contributed by atoms with Gasteiger partial charge in [-0.1, -0.05) is 23.8 Å². The molecular formula is C14H16ClFN2O3S. The summed E-state index contributed by atoms with van der Waals surface area (Å²) in [4.78, 5) is 10.4. The zero-order chi connectivity index (χ0) is 16.9. The minimum atomic E-state index is -4.11. The summed E-state index contributed by atoms with van der Waals surface area (Å²) in [6.45, 7) is 8.17. The summed E-state index contributed by atoms with van der Waals surface area (Å²) in [6, 6.07) is 1.84. The molecule has 0 bridgehead atoms. The Hall–Kier alpha value is -1.70. The first-order valence-corrected chi connectivity index (χ1v) is 8.04. The molecule has 1 aromatic rings. The smallest absolute Gasteiger partial charge is 0.246 e. The average Bonchev–Trinajstić information content (AvgIpc) is 2.41. The van der Waals surface area contributed by atoms with E-state index in [1.165, 1.54) is 19.1 Å². The van der Waals surface area contributed by atoms with Gasteiger partial charge in [0, 0.05) is 26.1 Å². The van der Waals surface area contributed by atoms with Gasteiger partial charge in [-0.25, -0.2) is 12.8 Å². The van der Waals surface area contributed by atoms with Crippen LogP contribution >= 0.6 is 11.6 Å². The maximum atomic E-state index is 14.1. The normalized spacial score (nSPS) is 11.3. The Morgan fingerprint density at radius 1 is 1.36 bits per heavy atom. The number of carbonyl (C=O) groups is 1. The fraction of sp³-hybridized carbons (Fsp3) is 0.214. The fourth-order valence-corrected chi connectivity index (χ4v) is 3.44. The first-order chi connectivity index (χ1) is 10.2. The molecule has 0 saturated heterocycles. The van der Waals surface area contributed by atoms with Crippen LogP contribution in [0.1, 0.15) is 6.92 Å². The van der Waals surface area contributed by atoms with Gasteiger partial charge in [0.05, 0.1) is 10.7 Å². The summed E-state index contributed by atoms with van der Waals surface area (Å²) >= 11 is 5.91. The van der Waals surface area contributed by atoms with Crippen LogP contribution in [-0.2, 0) is 14.8 Å². The number of carbonyl (C=O) groups excluding carboxylic acids is 1. The lowest BCUT2D eigenvalue weighted by atomic mass is 10.3. The monoisotopic (exact) mass is 346 g/mol. The van der Waals surface area contributed by atoms with Crippen LogP contribution in [0.15, 0.2) is 42.3 Å². The molecule has 0 unspecified atom stereocenters. The summed E-state index contributed by atoms with van der Waals surface area (Å²) in [5.41, 5.74) is 0.00427. The molecule has 0 aliphatic rings. The quantitative estimate of drug-likeness (QED) is 0.772. The van der Waals surface area contributed by atoms with Gasteiger partial charge in [0.25, 0.3) is 0 Å². The summed E-state index contributed by atoms with van der Waals surface area (Å²) in [5.74, 6) is -1.46. The molecule has 0 radical (unpaired) electrons. The highest BCUT2D eigenvalue weighted by atomic mass is 35.5. The SMILES string of the molecule is C=CCN(CC=C)S(=O)(=O)c1cc(Cl)c(NC(C)=O)cc1F. The lowest BCUT2D eigenvalue weighted by Crippen LogP contribution is -2.32. The molecule has 0 heterocycles. The number of hydrogen-bond acceptors (Lipinski definition) is 3. The van der Waals surface area contributed by atoms with E-state index in [9.17, 15) is 17.6 Å². The predicted molar refractivity (Wildman–Crippen MR) is 84.9 cm³/mol. The van der Waals surface area contributed by atoms with Gasteiger partial charge in [0.15, 0.2) is 0 Å². The molecule has 0 spiro atoms. The summed E-state index contributed by atoms with van der Waals surface area (Å²) in [6.07, 6.45) is 2.76. The van der Waals surface area contributed by atoms with Crippen molar-refractivity contribution < 1.29 is 17.6 Å². The van der Waals surface area contributed by atoms with Crippen molar-refractivity contribution in [3.63, 3.8) is 0 Å². The molecule has 0 aliphatic carbocycles. The molecule has 8 heteroatoms. The van der Waals surface area contributed by atoms with Crippen molar-refractivity contribution in [2.24, 2.45) is 0 Å². The Morgan fingerprint density at radius 2 is 1.91 bits per heavy atom. The third-order valence-electron chi connectivity index (χ3n) is 2.62. The molecular weight excluding hydrogens is 331 g/mol. The van der Waals surface area contributed by atoms with E-state index in [1.54, 1.807) is 0 Å². The second-order valence-corrected chi connectivity index (χ2v) is 6.66. The number of halogens is 2. The zero-order valence-electron chi connectivity index (χ0n) is 12.0. The first kappa shape index (κ1) is 18.3. The molecule has 0 aliphatic heterocycles. The van der Waals surface area contributed by atoms with E-state index in [2.05, 4.69) is 18.5 Å². The van der Waals surface area contributed by atoms with Crippen molar-refractivity contribution >= 4 is 33.2 Å². The molecule has 0 aromatic heterocycles. The second kappa shape index (κ2) is 7.53. The zero-order valence-corrected chi connectivity index (χ0v) is 13.5. The number of hydrogen-bond donors (Lipinski definition) is 1. The van der Waals surface area contributed by atoms with Crippen molar-refractivity contribution in [3.05, 3.63) is 48.3 Å². The summed E-state index contributed by atoms with van der Waals surface area (Å²) < 4.78 is 40.1. The molecule has 22 heavy (non-hydrogen) atoms. The van der Waals surface area contributed by atoms with Crippen LogP contribution in [0.3, 0.4) is 0 Å². The van der Waals surface area contributed by atoms with Gasteiger partial charge < -0.3 is 5.32 Å². The van der Waals surface area contributed by atoms with Gasteiger partial charge in [0.1, 0.15) is 10.7 Å². The standard InChI is InChI=1S/C14H16ClFN2O3S/c1-4-6-18(7-5-2)22(20,21)14-8-11(15)13(9-12(14)16)17-10(3)19/h4-5,8-9H,1-2,6-7H2,3H3,(H,17,19). The number of sulfonamides is 1. The highest BCUT2D eigenvalue weighted by Gasteiger charge is 2.27. The van der Waals surface area contributed by atoms with E-state index in [0.717, 1.165) is 16.4 Å². The molecule has 1 N–H and O–H groups in total. The number of amides is 1. The van der Waals surface area contributed by atoms with Gasteiger partial charge in [0.2, 0.25) is 15.9 Å². The third kappa shape index (κ3) is 4.16. The fourth-order valence-electron chi connectivity index (χ4n) is 1.71. The third-order valence-corrected chi connectivity index (χ3v) is 4.77. The largest absolute Gasteiger partial charge is 0.325 e. The van der Waals surface area contributed by atoms with E-state index in [-0.39, 0.29) is 23.8 Å². The Balaban J connectivity index is 3.35. The maximum absolute atomic E-state index is 14.1. The number of nitrogens with zero attached hydrogens (tertiary/aromatic N) is 1. The van der Waals surface area contributed by atoms with E-state index in [0.29, 0.717) is 0 Å². The Bertz CT molecular complexity index is 694. The summed E-state index contributed by atoms with van der Waals surface area (Å²) in [7, 11) is -4.11. The van der Waals surface area contributed by atoms with Crippen molar-refractivity contribution in [1.29, 1.82) is 0 Å². The minimum Gasteiger partial charge on any atom is -0.325 e. The number of benzene rings is 1. The molecule has 5 nitrogen and oxygen atoms in total. The van der Waals surface area contributed by atoms with Crippen molar-refractivity contribution in [2.45, 2.75) is 11.8 Å². The molecule has 1 aromatic carbocycles. The van der Waals surface area contributed by atoms with Crippen molar-refractivity contribution in [2.75, 3.05) is 18.4 Å². The molecule has 0 fully saturated rings. The van der Waals surface area contributed by atoms with Crippen LogP contribution in [0.2, 0.25) is 5.02 Å². The summed E-state index contributed by atoms with van der Waals surface area (Å²) in [5, 5.41) is 2.24. The molecule has 120 valence electrons. The number of rotatable bonds is 7. The second-order valence-electron chi connectivity index (χ2n) is 4.34. The van der Waals surface area contributed by atoms with Crippen LogP contribution in [0, 0.1) is 5.82 Å². The van der Waals surface area contributed by atoms with Gasteiger partial charge in [-0.15, -0.1) is 13.2 Å². The lowest BCUT2D eigenvalue weighted by Gasteiger charge is -2.20. The van der Waals surface area contributed by atoms with E-state index < -0.39 is 26.6 Å². The van der Waals surface area contributed by atoms with Crippen molar-refractivity contribution in [1.82, 2.24) is 4.31 Å². The van der Waals surface area contributed by atoms with E-state index >= 15 is 0 Å². The predicted octanol–water partition coefficient (Wildman–Crippen LogP) is 2.80. The van der Waals surface area contributed by atoms with Gasteiger partial charge >= 0.3 is 0 Å². The molecule has 0 saturated carbocycles. The van der Waals surface area contributed by atoms with Gasteiger partial charge in [-0.2, -0.15) is 4.31 Å². The Labute approximate surface area is 134 Å². The van der Waals surface area contributed by atoms with Gasteiger partial charge in [-0.3, -0.25) is 4.79 Å². The van der Waals surface area contributed by atoms with Crippen LogP contribution < -0.4 is 5.32 Å². The van der Waals surface area contributed by atoms with Crippen LogP contribution in [-0.4, -0.2) is 31.7 Å². The van der Waals surface area contributed by atoms with Crippen molar-refractivity contribution in [3.8, 4) is 0 Å². The van der Waals surface area contributed by atoms with E-state index in [1.807, 2.05) is 0 Å². The molecule has 0 atom stereocenters. The van der Waals surface area contributed by atoms with E-state index in [4.69, 9.17) is 11.6 Å². The minimum absolute atomic E-state index is 0.00113. The Morgan fingerprint density at radius 3 is 2.36 bits per heavy atom. The maximum Gasteiger partial charge on any atom is 0.246 e. The van der Waals surface area contributed by atoms with Crippen LogP contribution in [0.25, 0.3) is 0 Å². The Kier molecular flexibility index (Phi) is 6.28. The molecule has 1 amide bonds. The highest BCUT2D eigenvalue weighted by Crippen LogP contribution is 2.29. The first-order valence-electron chi connectivity index (χ1n) is 6.22. The number of nitrogens with one attached hydrogen (secondary N) is 1. The van der Waals surface area contributed by atoms with Gasteiger partial charge in [-0.05, 0) is 6.07 Å². The topological polar surface area (TPSA) is 66.5 Å². The van der Waals surface area contributed by atoms with Crippen LogP contribution in [0.4, 0.5) is 10.1 Å². The van der Waals surface area contributed by atoms with Crippen LogP contribution in [0.5, 0.6) is 0 Å². The molecule has 1 rings (SSSR count).